The van der Waals surface area contributed by atoms with E-state index in [0.717, 1.165) is 0 Å². The lowest BCUT2D eigenvalue weighted by Gasteiger charge is -2.19. The summed E-state index contributed by atoms with van der Waals surface area (Å²) in [4.78, 5) is 0. The number of hydrogen-bond donors (Lipinski definition) is 0. The molecule has 2 nitrogen and oxygen atoms in total. The predicted octanol–water partition coefficient (Wildman–Crippen LogP) is 3.30. The summed E-state index contributed by atoms with van der Waals surface area (Å²) >= 11 is 1.85. The number of alkyl halides is 5. The first kappa shape index (κ1) is 13.7. The summed E-state index contributed by atoms with van der Waals surface area (Å²) in [6, 6.07) is 0. The maximum Gasteiger partial charge on any atom is 0.455 e. The van der Waals surface area contributed by atoms with Crippen molar-refractivity contribution < 1.29 is 22.0 Å². The molecule has 92 valence electrons. The van der Waals surface area contributed by atoms with Gasteiger partial charge in [0.15, 0.2) is 0 Å². The van der Waals surface area contributed by atoms with Crippen molar-refractivity contribution in [2.45, 2.75) is 32.5 Å². The van der Waals surface area contributed by atoms with Crippen LogP contribution in [0.25, 0.3) is 0 Å². The SMILES string of the molecule is Cc1nn(CC(F)(F)C(F)(F)F)c(C)c1I. The minimum atomic E-state index is -5.55. The summed E-state index contributed by atoms with van der Waals surface area (Å²) in [6.07, 6.45) is -5.55. The van der Waals surface area contributed by atoms with Gasteiger partial charge in [0, 0.05) is 5.69 Å². The highest BCUT2D eigenvalue weighted by molar-refractivity contribution is 14.1. The Bertz CT molecular complexity index is 396. The molecule has 0 N–H and O–H groups in total. The normalized spacial score (nSPS) is 13.2. The minimum absolute atomic E-state index is 0.307. The van der Waals surface area contributed by atoms with Gasteiger partial charge in [-0.2, -0.15) is 27.1 Å². The molecule has 0 aliphatic rings. The smallest absolute Gasteiger partial charge is 0.262 e. The molecule has 1 aromatic rings. The molecule has 0 saturated heterocycles. The quantitative estimate of drug-likeness (QED) is 0.589. The van der Waals surface area contributed by atoms with Crippen LogP contribution in [0.1, 0.15) is 11.4 Å². The van der Waals surface area contributed by atoms with E-state index < -0.39 is 18.6 Å². The van der Waals surface area contributed by atoms with E-state index in [1.807, 2.05) is 22.6 Å². The van der Waals surface area contributed by atoms with Crippen LogP contribution >= 0.6 is 22.6 Å². The van der Waals surface area contributed by atoms with Gasteiger partial charge in [-0.15, -0.1) is 0 Å². The van der Waals surface area contributed by atoms with Gasteiger partial charge in [0.05, 0.1) is 9.26 Å². The van der Waals surface area contributed by atoms with Gasteiger partial charge in [-0.05, 0) is 36.4 Å². The molecule has 0 spiro atoms. The Labute approximate surface area is 102 Å². The van der Waals surface area contributed by atoms with Gasteiger partial charge in [-0.3, -0.25) is 4.68 Å². The average Bonchev–Trinajstić information content (AvgIpc) is 2.31. The van der Waals surface area contributed by atoms with Crippen LogP contribution in [0.3, 0.4) is 0 Å². The first-order chi connectivity index (χ1) is 7.06. The second kappa shape index (κ2) is 4.11. The van der Waals surface area contributed by atoms with Crippen molar-refractivity contribution in [3.63, 3.8) is 0 Å². The van der Waals surface area contributed by atoms with Crippen LogP contribution in [0.5, 0.6) is 0 Å². The van der Waals surface area contributed by atoms with Crippen molar-refractivity contribution in [3.8, 4) is 0 Å². The lowest BCUT2D eigenvalue weighted by molar-refractivity contribution is -0.287. The fraction of sp³-hybridized carbons (Fsp3) is 0.625. The van der Waals surface area contributed by atoms with E-state index in [9.17, 15) is 22.0 Å². The Morgan fingerprint density at radius 3 is 2.00 bits per heavy atom. The van der Waals surface area contributed by atoms with Crippen LogP contribution in [0.4, 0.5) is 22.0 Å². The Balaban J connectivity index is 3.02. The largest absolute Gasteiger partial charge is 0.455 e. The second-order valence-electron chi connectivity index (χ2n) is 3.34. The van der Waals surface area contributed by atoms with E-state index in [1.54, 1.807) is 6.92 Å². The summed E-state index contributed by atoms with van der Waals surface area (Å²) < 4.78 is 62.7. The number of hydrogen-bond acceptors (Lipinski definition) is 1. The Morgan fingerprint density at radius 2 is 1.69 bits per heavy atom. The first-order valence-electron chi connectivity index (χ1n) is 4.20. The Hall–Kier alpha value is -0.410. The van der Waals surface area contributed by atoms with Crippen LogP contribution in [-0.4, -0.2) is 21.9 Å². The van der Waals surface area contributed by atoms with E-state index in [4.69, 9.17) is 0 Å². The van der Waals surface area contributed by atoms with Gasteiger partial charge < -0.3 is 0 Å². The van der Waals surface area contributed by atoms with Gasteiger partial charge in [0.2, 0.25) is 0 Å². The van der Waals surface area contributed by atoms with E-state index in [0.29, 0.717) is 19.6 Å². The molecule has 0 fully saturated rings. The lowest BCUT2D eigenvalue weighted by Crippen LogP contribution is -2.40. The van der Waals surface area contributed by atoms with Gasteiger partial charge in [-0.1, -0.05) is 0 Å². The molecular weight excluding hydrogens is 346 g/mol. The number of rotatable bonds is 2. The Kier molecular flexibility index (Phi) is 3.51. The van der Waals surface area contributed by atoms with Crippen LogP contribution in [0.2, 0.25) is 0 Å². The molecule has 8 heteroatoms. The minimum Gasteiger partial charge on any atom is -0.262 e. The maximum atomic E-state index is 12.7. The highest BCUT2D eigenvalue weighted by Crippen LogP contribution is 2.37. The van der Waals surface area contributed by atoms with Crippen LogP contribution in [-0.2, 0) is 6.54 Å². The molecule has 16 heavy (non-hydrogen) atoms. The summed E-state index contributed by atoms with van der Waals surface area (Å²) in [7, 11) is 0. The zero-order valence-corrected chi connectivity index (χ0v) is 10.5. The third kappa shape index (κ3) is 2.46. The topological polar surface area (TPSA) is 17.8 Å². The van der Waals surface area contributed by atoms with Gasteiger partial charge in [0.25, 0.3) is 0 Å². The molecular formula is C8H8F5IN2. The average molecular weight is 354 g/mol. The fourth-order valence-electron chi connectivity index (χ4n) is 1.11. The molecule has 1 aromatic heterocycles. The molecule has 0 aliphatic heterocycles. The number of aromatic nitrogens is 2. The number of nitrogens with zero attached hydrogens (tertiary/aromatic N) is 2. The molecule has 0 aliphatic carbocycles. The van der Waals surface area contributed by atoms with Crippen LogP contribution < -0.4 is 0 Å². The van der Waals surface area contributed by atoms with Gasteiger partial charge >= 0.3 is 12.1 Å². The number of halogens is 6. The fourth-order valence-corrected chi connectivity index (χ4v) is 1.49. The standard InChI is InChI=1S/C8H8F5IN2/c1-4-6(14)5(2)16(15-4)3-7(9,10)8(11,12)13/h3H2,1-2H3. The van der Waals surface area contributed by atoms with Crippen molar-refractivity contribution in [1.29, 1.82) is 0 Å². The summed E-state index contributed by atoms with van der Waals surface area (Å²) in [5, 5.41) is 3.64. The lowest BCUT2D eigenvalue weighted by atomic mass is 10.3. The first-order valence-corrected chi connectivity index (χ1v) is 5.28. The van der Waals surface area contributed by atoms with Crippen LogP contribution in [0, 0.1) is 17.4 Å². The highest BCUT2D eigenvalue weighted by atomic mass is 127. The predicted molar refractivity (Wildman–Crippen MR) is 55.4 cm³/mol. The van der Waals surface area contributed by atoms with E-state index in [2.05, 4.69) is 5.10 Å². The molecule has 0 radical (unpaired) electrons. The summed E-state index contributed by atoms with van der Waals surface area (Å²) in [5.74, 6) is -4.76. The molecule has 1 heterocycles. The van der Waals surface area contributed by atoms with E-state index in [-0.39, 0.29) is 0 Å². The van der Waals surface area contributed by atoms with Crippen LogP contribution in [0.15, 0.2) is 0 Å². The van der Waals surface area contributed by atoms with E-state index in [1.165, 1.54) is 6.92 Å². The van der Waals surface area contributed by atoms with Crippen molar-refractivity contribution in [2.75, 3.05) is 0 Å². The van der Waals surface area contributed by atoms with E-state index >= 15 is 0 Å². The van der Waals surface area contributed by atoms with Crippen molar-refractivity contribution in [2.24, 2.45) is 0 Å². The molecule has 0 aromatic carbocycles. The van der Waals surface area contributed by atoms with Crippen molar-refractivity contribution in [3.05, 3.63) is 15.0 Å². The summed E-state index contributed by atoms with van der Waals surface area (Å²) in [6.45, 7) is 1.53. The van der Waals surface area contributed by atoms with Crippen molar-refractivity contribution in [1.82, 2.24) is 9.78 Å². The molecule has 0 atom stereocenters. The monoisotopic (exact) mass is 354 g/mol. The Morgan fingerprint density at radius 1 is 1.19 bits per heavy atom. The highest BCUT2D eigenvalue weighted by Gasteiger charge is 2.57. The summed E-state index contributed by atoms with van der Waals surface area (Å²) in [5.41, 5.74) is 0.748. The molecule has 1 rings (SSSR count). The second-order valence-corrected chi connectivity index (χ2v) is 4.42. The van der Waals surface area contributed by atoms with Gasteiger partial charge in [0.1, 0.15) is 6.54 Å². The molecule has 0 unspecified atom stereocenters. The molecule has 0 amide bonds. The van der Waals surface area contributed by atoms with Crippen molar-refractivity contribution >= 4 is 22.6 Å². The molecule has 0 saturated carbocycles. The van der Waals surface area contributed by atoms with Gasteiger partial charge in [-0.25, -0.2) is 0 Å². The molecule has 0 bridgehead atoms. The third-order valence-corrected chi connectivity index (χ3v) is 3.62. The third-order valence-electron chi connectivity index (χ3n) is 2.06. The maximum absolute atomic E-state index is 12.7. The zero-order chi connectivity index (χ0) is 12.7. The number of aryl methyl sites for hydroxylation is 1. The zero-order valence-electron chi connectivity index (χ0n) is 8.37.